The maximum absolute atomic E-state index is 12.0. The minimum absolute atomic E-state index is 0.173. The molecule has 2 N–H and O–H groups in total. The van der Waals surface area contributed by atoms with Gasteiger partial charge in [0.1, 0.15) is 0 Å². The molecule has 1 aromatic heterocycles. The number of aromatic carboxylic acids is 1. The van der Waals surface area contributed by atoms with E-state index in [1.807, 2.05) is 0 Å². The van der Waals surface area contributed by atoms with Crippen LogP contribution in [0.3, 0.4) is 0 Å². The van der Waals surface area contributed by atoms with Crippen molar-refractivity contribution in [1.29, 1.82) is 0 Å². The van der Waals surface area contributed by atoms with Crippen LogP contribution >= 0.6 is 0 Å². The first kappa shape index (κ1) is 13.9. The molecule has 0 aliphatic carbocycles. The van der Waals surface area contributed by atoms with Crippen LogP contribution in [0.5, 0.6) is 0 Å². The molecule has 1 saturated heterocycles. The maximum atomic E-state index is 12.0. The van der Waals surface area contributed by atoms with Gasteiger partial charge in [0.15, 0.2) is 0 Å². The minimum atomic E-state index is -0.999. The van der Waals surface area contributed by atoms with E-state index in [9.17, 15) is 9.59 Å². The third-order valence-electron chi connectivity index (χ3n) is 3.97. The van der Waals surface area contributed by atoms with E-state index in [0.29, 0.717) is 12.1 Å². The van der Waals surface area contributed by atoms with E-state index in [-0.39, 0.29) is 17.4 Å². The molecule has 21 heavy (non-hydrogen) atoms. The molecule has 3 rings (SSSR count). The van der Waals surface area contributed by atoms with Gasteiger partial charge in [-0.15, -0.1) is 0 Å². The van der Waals surface area contributed by atoms with Crippen molar-refractivity contribution in [3.63, 3.8) is 0 Å². The molecule has 1 atom stereocenters. The fourth-order valence-electron chi connectivity index (χ4n) is 2.83. The highest BCUT2D eigenvalue weighted by atomic mass is 16.5. The van der Waals surface area contributed by atoms with Gasteiger partial charge in [0.25, 0.3) is 0 Å². The summed E-state index contributed by atoms with van der Waals surface area (Å²) in [5, 5.41) is 8.98. The first-order chi connectivity index (χ1) is 10.1. The number of carboxylic acids is 1. The van der Waals surface area contributed by atoms with Gasteiger partial charge in [-0.1, -0.05) is 0 Å². The Morgan fingerprint density at radius 3 is 3.00 bits per heavy atom. The number of imidazole rings is 1. The summed E-state index contributed by atoms with van der Waals surface area (Å²) in [5.74, 6) is -0.999. The highest BCUT2D eigenvalue weighted by molar-refractivity contribution is 5.92. The Kier molecular flexibility index (Phi) is 3.79. The van der Waals surface area contributed by atoms with Gasteiger partial charge in [-0.2, -0.15) is 0 Å². The van der Waals surface area contributed by atoms with Crippen LogP contribution in [-0.4, -0.2) is 33.3 Å². The van der Waals surface area contributed by atoms with Crippen LogP contribution in [0.2, 0.25) is 0 Å². The lowest BCUT2D eigenvalue weighted by Gasteiger charge is -2.22. The number of nitrogens with zero attached hydrogens (tertiary/aromatic N) is 1. The summed E-state index contributed by atoms with van der Waals surface area (Å²) in [6.45, 7) is 1.38. The number of aromatic amines is 1. The van der Waals surface area contributed by atoms with Crippen molar-refractivity contribution in [1.82, 2.24) is 9.55 Å². The molecule has 0 spiro atoms. The Balaban J connectivity index is 1.82. The minimum Gasteiger partial charge on any atom is -0.478 e. The number of ether oxygens (including phenoxy) is 1. The van der Waals surface area contributed by atoms with Crippen LogP contribution in [0, 0.1) is 0 Å². The fourth-order valence-corrected chi connectivity index (χ4v) is 2.83. The largest absolute Gasteiger partial charge is 0.478 e. The van der Waals surface area contributed by atoms with Crippen molar-refractivity contribution < 1.29 is 14.6 Å². The first-order valence-electron chi connectivity index (χ1n) is 7.22. The Morgan fingerprint density at radius 2 is 2.29 bits per heavy atom. The average Bonchev–Trinajstić information content (AvgIpc) is 2.80. The summed E-state index contributed by atoms with van der Waals surface area (Å²) in [6, 6.07) is 4.69. The predicted molar refractivity (Wildman–Crippen MR) is 77.7 cm³/mol. The van der Waals surface area contributed by atoms with E-state index >= 15 is 0 Å². The van der Waals surface area contributed by atoms with E-state index in [4.69, 9.17) is 9.84 Å². The van der Waals surface area contributed by atoms with E-state index in [1.165, 1.54) is 18.6 Å². The molecule has 1 aliphatic heterocycles. The molecule has 2 heterocycles. The van der Waals surface area contributed by atoms with Crippen LogP contribution in [0.1, 0.15) is 36.0 Å². The van der Waals surface area contributed by atoms with Crippen LogP contribution < -0.4 is 5.69 Å². The number of rotatable bonds is 4. The van der Waals surface area contributed by atoms with E-state index < -0.39 is 5.97 Å². The van der Waals surface area contributed by atoms with Crippen LogP contribution in [0.15, 0.2) is 23.0 Å². The number of aryl methyl sites for hydroxylation is 1. The van der Waals surface area contributed by atoms with Crippen LogP contribution in [0.25, 0.3) is 11.0 Å². The lowest BCUT2D eigenvalue weighted by atomic mass is 10.1. The van der Waals surface area contributed by atoms with Gasteiger partial charge in [0.2, 0.25) is 0 Å². The molecular formula is C15H18N2O4. The maximum Gasteiger partial charge on any atom is 0.335 e. The number of hydrogen-bond donors (Lipinski definition) is 2. The van der Waals surface area contributed by atoms with E-state index in [2.05, 4.69) is 4.98 Å². The quantitative estimate of drug-likeness (QED) is 0.901. The molecule has 0 amide bonds. The van der Waals surface area contributed by atoms with Crippen LogP contribution in [0.4, 0.5) is 0 Å². The smallest absolute Gasteiger partial charge is 0.335 e. The number of aromatic nitrogens is 2. The third kappa shape index (κ3) is 2.85. The molecule has 112 valence electrons. The third-order valence-corrected chi connectivity index (χ3v) is 3.97. The Morgan fingerprint density at radius 1 is 1.43 bits per heavy atom. The number of nitrogens with one attached hydrogen (secondary N) is 1. The zero-order chi connectivity index (χ0) is 14.8. The summed E-state index contributed by atoms with van der Waals surface area (Å²) in [5.41, 5.74) is 1.26. The summed E-state index contributed by atoms with van der Waals surface area (Å²) in [4.78, 5) is 25.7. The molecule has 2 aromatic rings. The van der Waals surface area contributed by atoms with Crippen molar-refractivity contribution >= 4 is 17.0 Å². The van der Waals surface area contributed by atoms with Crippen molar-refractivity contribution in [2.45, 2.75) is 38.3 Å². The van der Waals surface area contributed by atoms with Gasteiger partial charge in [-0.3, -0.25) is 4.57 Å². The number of carbonyl (C=O) groups is 1. The highest BCUT2D eigenvalue weighted by Crippen LogP contribution is 2.18. The molecule has 1 aliphatic rings. The van der Waals surface area contributed by atoms with Crippen molar-refractivity contribution in [3.8, 4) is 0 Å². The second-order valence-corrected chi connectivity index (χ2v) is 5.40. The molecule has 1 unspecified atom stereocenters. The fraction of sp³-hybridized carbons (Fsp3) is 0.467. The normalized spacial score (nSPS) is 19.0. The average molecular weight is 290 g/mol. The predicted octanol–water partition coefficient (Wildman–Crippen LogP) is 1.99. The molecule has 1 fully saturated rings. The highest BCUT2D eigenvalue weighted by Gasteiger charge is 2.15. The summed E-state index contributed by atoms with van der Waals surface area (Å²) in [7, 11) is 0. The first-order valence-corrected chi connectivity index (χ1v) is 7.22. The Labute approximate surface area is 121 Å². The summed E-state index contributed by atoms with van der Waals surface area (Å²) in [6.07, 6.45) is 4.35. The second-order valence-electron chi connectivity index (χ2n) is 5.40. The van der Waals surface area contributed by atoms with Gasteiger partial charge in [-0.05, 0) is 43.9 Å². The molecule has 0 saturated carbocycles. The standard InChI is InChI=1S/C15H18N2O4/c18-14(19)10-4-5-13-12(9-10)16-15(20)17(13)7-6-11-3-1-2-8-21-11/h4-5,9,11H,1-3,6-8H2,(H,16,20)(H,18,19). The van der Waals surface area contributed by atoms with Crippen LogP contribution in [-0.2, 0) is 11.3 Å². The van der Waals surface area contributed by atoms with Crippen molar-refractivity contribution in [3.05, 3.63) is 34.2 Å². The zero-order valence-electron chi connectivity index (χ0n) is 11.7. The topological polar surface area (TPSA) is 84.3 Å². The van der Waals surface area contributed by atoms with Gasteiger partial charge >= 0.3 is 11.7 Å². The molecule has 6 heteroatoms. The number of fused-ring (bicyclic) bond motifs is 1. The Bertz CT molecular complexity index is 710. The molecule has 0 bridgehead atoms. The number of H-pyrrole nitrogens is 1. The van der Waals surface area contributed by atoms with Crippen molar-refractivity contribution in [2.24, 2.45) is 0 Å². The SMILES string of the molecule is O=C(O)c1ccc2c(c1)[nH]c(=O)n2CCC1CCCCO1. The number of hydrogen-bond acceptors (Lipinski definition) is 3. The van der Waals surface area contributed by atoms with Gasteiger partial charge in [0.05, 0.1) is 22.7 Å². The Hall–Kier alpha value is -2.08. The molecular weight excluding hydrogens is 272 g/mol. The van der Waals surface area contributed by atoms with Gasteiger partial charge in [0, 0.05) is 13.2 Å². The van der Waals surface area contributed by atoms with Crippen molar-refractivity contribution in [2.75, 3.05) is 6.61 Å². The monoisotopic (exact) mass is 290 g/mol. The lowest BCUT2D eigenvalue weighted by Crippen LogP contribution is -2.24. The van der Waals surface area contributed by atoms with E-state index in [0.717, 1.165) is 31.4 Å². The molecule has 0 radical (unpaired) electrons. The van der Waals surface area contributed by atoms with Gasteiger partial charge in [-0.25, -0.2) is 9.59 Å². The summed E-state index contributed by atoms with van der Waals surface area (Å²) < 4.78 is 7.33. The lowest BCUT2D eigenvalue weighted by molar-refractivity contribution is 0.00885. The van der Waals surface area contributed by atoms with Gasteiger partial charge < -0.3 is 14.8 Å². The number of carboxylic acid groups (broad SMARTS) is 1. The second kappa shape index (κ2) is 5.73. The number of benzene rings is 1. The molecule has 6 nitrogen and oxygen atoms in total. The summed E-state index contributed by atoms with van der Waals surface area (Å²) >= 11 is 0. The molecule has 1 aromatic carbocycles. The van der Waals surface area contributed by atoms with E-state index in [1.54, 1.807) is 10.6 Å². The zero-order valence-corrected chi connectivity index (χ0v) is 11.7.